The lowest BCUT2D eigenvalue weighted by Crippen LogP contribution is -2.65. The van der Waals surface area contributed by atoms with Crippen LogP contribution in [0.25, 0.3) is 0 Å². The Morgan fingerprint density at radius 2 is 2.00 bits per heavy atom. The minimum absolute atomic E-state index is 0.00567. The fraction of sp³-hybridized carbons (Fsp3) is 0.467. The van der Waals surface area contributed by atoms with Gasteiger partial charge >= 0.3 is 0 Å². The summed E-state index contributed by atoms with van der Waals surface area (Å²) in [6.45, 7) is 3.94. The minimum atomic E-state index is -0.845. The molecule has 1 fully saturated rings. The molecule has 1 aliphatic rings. The maximum atomic E-state index is 13.1. The molecule has 114 valence electrons. The number of hydrogen-bond donors (Lipinski definition) is 1. The number of nitrogens with one attached hydrogen (secondary N) is 1. The Kier molecular flexibility index (Phi) is 4.52. The van der Waals surface area contributed by atoms with Crippen LogP contribution < -0.4 is 5.32 Å². The third-order valence-electron chi connectivity index (χ3n) is 3.99. The van der Waals surface area contributed by atoms with Crippen molar-refractivity contribution in [2.24, 2.45) is 0 Å². The maximum absolute atomic E-state index is 13.1. The average Bonchev–Trinajstić information content (AvgIpc) is 2.45. The van der Waals surface area contributed by atoms with Crippen LogP contribution in [0.3, 0.4) is 0 Å². The first-order valence-electron chi connectivity index (χ1n) is 6.96. The lowest BCUT2D eigenvalue weighted by Gasteiger charge is -2.41. The summed E-state index contributed by atoms with van der Waals surface area (Å²) in [6.07, 6.45) is 1.06. The Bertz CT molecular complexity index is 573. The second-order valence-corrected chi connectivity index (χ2v) is 5.64. The number of hydrogen-bond acceptors (Lipinski definition) is 2. The van der Waals surface area contributed by atoms with Crippen LogP contribution in [0.1, 0.15) is 32.3 Å². The summed E-state index contributed by atoms with van der Waals surface area (Å²) in [4.78, 5) is 26.0. The van der Waals surface area contributed by atoms with Gasteiger partial charge in [-0.15, -0.1) is 0 Å². The van der Waals surface area contributed by atoms with Gasteiger partial charge in [0.2, 0.25) is 11.8 Å². The highest BCUT2D eigenvalue weighted by Gasteiger charge is 2.43. The monoisotopic (exact) mass is 312 g/mol. The normalized spacial score (nSPS) is 17.8. The van der Waals surface area contributed by atoms with Crippen molar-refractivity contribution in [3.63, 3.8) is 0 Å². The summed E-state index contributed by atoms with van der Waals surface area (Å²) in [5.74, 6) is -0.730. The van der Waals surface area contributed by atoms with Crippen LogP contribution >= 0.6 is 11.6 Å². The summed E-state index contributed by atoms with van der Waals surface area (Å²) in [7, 11) is 0. The van der Waals surface area contributed by atoms with Crippen LogP contribution in [0.15, 0.2) is 18.2 Å². The van der Waals surface area contributed by atoms with Gasteiger partial charge in [-0.3, -0.25) is 9.59 Å². The van der Waals surface area contributed by atoms with Crippen molar-refractivity contribution in [1.82, 2.24) is 10.2 Å². The summed E-state index contributed by atoms with van der Waals surface area (Å²) in [5, 5.41) is 3.05. The van der Waals surface area contributed by atoms with Crippen LogP contribution in [-0.4, -0.2) is 28.8 Å². The van der Waals surface area contributed by atoms with Gasteiger partial charge in [0.1, 0.15) is 11.4 Å². The predicted octanol–water partition coefficient (Wildman–Crippen LogP) is 2.50. The van der Waals surface area contributed by atoms with E-state index in [4.69, 9.17) is 11.6 Å². The number of carbonyl (C=O) groups excluding carboxylic acids is 2. The van der Waals surface area contributed by atoms with Crippen molar-refractivity contribution in [3.05, 3.63) is 34.6 Å². The van der Waals surface area contributed by atoms with Gasteiger partial charge in [0.15, 0.2) is 0 Å². The molecular formula is C15H18ClFN2O2. The molecule has 1 aromatic carbocycles. The van der Waals surface area contributed by atoms with Gasteiger partial charge in [-0.05, 0) is 30.5 Å². The summed E-state index contributed by atoms with van der Waals surface area (Å²) >= 11 is 5.99. The quantitative estimate of drug-likeness (QED) is 0.928. The maximum Gasteiger partial charge on any atom is 0.249 e. The van der Waals surface area contributed by atoms with E-state index in [0.717, 1.165) is 0 Å². The van der Waals surface area contributed by atoms with Crippen molar-refractivity contribution in [3.8, 4) is 0 Å². The Morgan fingerprint density at radius 3 is 2.57 bits per heavy atom. The number of nitrogens with zero attached hydrogens (tertiary/aromatic N) is 1. The van der Waals surface area contributed by atoms with Crippen LogP contribution in [-0.2, 0) is 16.1 Å². The van der Waals surface area contributed by atoms with Crippen LogP contribution in [0.4, 0.5) is 4.39 Å². The van der Waals surface area contributed by atoms with Gasteiger partial charge < -0.3 is 10.2 Å². The largest absolute Gasteiger partial charge is 0.340 e. The molecule has 0 saturated carbocycles. The van der Waals surface area contributed by atoms with E-state index in [9.17, 15) is 14.0 Å². The Labute approximate surface area is 128 Å². The van der Waals surface area contributed by atoms with Gasteiger partial charge in [-0.2, -0.15) is 0 Å². The molecule has 2 rings (SSSR count). The molecule has 21 heavy (non-hydrogen) atoms. The van der Waals surface area contributed by atoms with Crippen molar-refractivity contribution >= 4 is 23.4 Å². The molecule has 1 heterocycles. The molecule has 1 aromatic rings. The summed E-state index contributed by atoms with van der Waals surface area (Å²) in [6, 6.07) is 4.04. The van der Waals surface area contributed by atoms with E-state index in [1.165, 1.54) is 23.1 Å². The van der Waals surface area contributed by atoms with Crippen LogP contribution in [0, 0.1) is 5.82 Å². The zero-order chi connectivity index (χ0) is 15.6. The topological polar surface area (TPSA) is 49.4 Å². The molecule has 4 nitrogen and oxygen atoms in total. The van der Waals surface area contributed by atoms with Gasteiger partial charge in [0.05, 0.1) is 6.54 Å². The smallest absolute Gasteiger partial charge is 0.249 e. The number of rotatable bonds is 4. The first-order chi connectivity index (χ1) is 9.91. The van der Waals surface area contributed by atoms with E-state index >= 15 is 0 Å². The highest BCUT2D eigenvalue weighted by Crippen LogP contribution is 2.25. The molecule has 1 N–H and O–H groups in total. The molecule has 0 unspecified atom stereocenters. The zero-order valence-electron chi connectivity index (χ0n) is 12.1. The fourth-order valence-corrected chi connectivity index (χ4v) is 2.85. The molecule has 0 bridgehead atoms. The lowest BCUT2D eigenvalue weighted by atomic mass is 9.88. The number of halogens is 2. The summed E-state index contributed by atoms with van der Waals surface area (Å²) in [5.41, 5.74) is -0.218. The van der Waals surface area contributed by atoms with Gasteiger partial charge in [-0.25, -0.2) is 4.39 Å². The standard InChI is InChI=1S/C15H18ClFN2O2/c1-3-15(4-2)14(21)19(9-13(20)18-15)8-10-5-6-11(17)7-12(10)16/h5-7H,3-4,8-9H2,1-2H3,(H,18,20). The second-order valence-electron chi connectivity index (χ2n) is 5.23. The van der Waals surface area contributed by atoms with Crippen LogP contribution in [0.5, 0.6) is 0 Å². The molecule has 0 atom stereocenters. The third kappa shape index (κ3) is 3.02. The molecule has 1 aliphatic heterocycles. The predicted molar refractivity (Wildman–Crippen MR) is 78.3 cm³/mol. The summed E-state index contributed by atoms with van der Waals surface area (Å²) < 4.78 is 13.1. The number of benzene rings is 1. The molecule has 1 saturated heterocycles. The first kappa shape index (κ1) is 15.8. The molecule has 0 spiro atoms. The zero-order valence-corrected chi connectivity index (χ0v) is 12.8. The van der Waals surface area contributed by atoms with E-state index in [2.05, 4.69) is 5.32 Å². The molecule has 0 radical (unpaired) electrons. The van der Waals surface area contributed by atoms with E-state index in [1.807, 2.05) is 13.8 Å². The number of amides is 2. The van der Waals surface area contributed by atoms with E-state index < -0.39 is 11.4 Å². The molecule has 2 amide bonds. The van der Waals surface area contributed by atoms with Crippen LogP contribution in [0.2, 0.25) is 5.02 Å². The van der Waals surface area contributed by atoms with Crippen molar-refractivity contribution in [1.29, 1.82) is 0 Å². The average molecular weight is 313 g/mol. The molecule has 0 aliphatic carbocycles. The SMILES string of the molecule is CCC1(CC)NC(=O)CN(Cc2ccc(F)cc2Cl)C1=O. The van der Waals surface area contributed by atoms with Crippen molar-refractivity contribution in [2.45, 2.75) is 38.8 Å². The van der Waals surface area contributed by atoms with E-state index in [-0.39, 0.29) is 29.9 Å². The van der Waals surface area contributed by atoms with Gasteiger partial charge in [0, 0.05) is 11.6 Å². The Balaban J connectivity index is 2.26. The highest BCUT2D eigenvalue weighted by molar-refractivity contribution is 6.31. The Morgan fingerprint density at radius 1 is 1.33 bits per heavy atom. The van der Waals surface area contributed by atoms with Gasteiger partial charge in [-0.1, -0.05) is 31.5 Å². The second kappa shape index (κ2) is 6.02. The highest BCUT2D eigenvalue weighted by atomic mass is 35.5. The number of piperazine rings is 1. The Hall–Kier alpha value is -1.62. The van der Waals surface area contributed by atoms with Crippen molar-refractivity contribution < 1.29 is 14.0 Å². The minimum Gasteiger partial charge on any atom is -0.340 e. The molecule has 0 aromatic heterocycles. The van der Waals surface area contributed by atoms with E-state index in [1.54, 1.807) is 0 Å². The van der Waals surface area contributed by atoms with Gasteiger partial charge in [0.25, 0.3) is 0 Å². The molecular weight excluding hydrogens is 295 g/mol. The first-order valence-corrected chi connectivity index (χ1v) is 7.34. The van der Waals surface area contributed by atoms with Crippen molar-refractivity contribution in [2.75, 3.05) is 6.54 Å². The lowest BCUT2D eigenvalue weighted by molar-refractivity contribution is -0.151. The molecule has 6 heteroatoms. The fourth-order valence-electron chi connectivity index (χ4n) is 2.62. The van der Waals surface area contributed by atoms with E-state index in [0.29, 0.717) is 18.4 Å². The third-order valence-corrected chi connectivity index (χ3v) is 4.35. The number of carbonyl (C=O) groups is 2.